The van der Waals surface area contributed by atoms with Gasteiger partial charge >= 0.3 is 0 Å². The molecule has 0 aliphatic carbocycles. The van der Waals surface area contributed by atoms with E-state index in [9.17, 15) is 0 Å². The van der Waals surface area contributed by atoms with Gasteiger partial charge in [-0.15, -0.1) is 11.3 Å². The zero-order chi connectivity index (χ0) is 12.5. The summed E-state index contributed by atoms with van der Waals surface area (Å²) in [6, 6.07) is 9.76. The largest absolute Gasteiger partial charge is 0.391 e. The summed E-state index contributed by atoms with van der Waals surface area (Å²) >= 11 is 1.42. The van der Waals surface area contributed by atoms with Crippen molar-refractivity contribution in [2.75, 3.05) is 0 Å². The van der Waals surface area contributed by atoms with E-state index >= 15 is 0 Å². The van der Waals surface area contributed by atoms with Gasteiger partial charge < -0.3 is 5.11 Å². The van der Waals surface area contributed by atoms with Crippen molar-refractivity contribution in [3.05, 3.63) is 52.0 Å². The molecule has 0 atom stereocenters. The van der Waals surface area contributed by atoms with Crippen molar-refractivity contribution in [1.29, 1.82) is 0 Å². The van der Waals surface area contributed by atoms with Gasteiger partial charge in [0.05, 0.1) is 11.5 Å². The standard InChI is InChI=1S/C12H9NOS.C2H6/c14-9-11-8-13-12(15-11)7-6-10-4-2-1-3-5-10;1-2/h1-5,8,14H,9H2;1-2H3. The third kappa shape index (κ3) is 4.39. The quantitative estimate of drug-likeness (QED) is 0.783. The van der Waals surface area contributed by atoms with Crippen LogP contribution in [-0.2, 0) is 6.61 Å². The Hall–Kier alpha value is -1.63. The minimum Gasteiger partial charge on any atom is -0.391 e. The number of rotatable bonds is 1. The maximum atomic E-state index is 8.86. The van der Waals surface area contributed by atoms with Gasteiger partial charge in [-0.1, -0.05) is 38.0 Å². The van der Waals surface area contributed by atoms with Gasteiger partial charge in [0.25, 0.3) is 0 Å². The highest BCUT2D eigenvalue weighted by molar-refractivity contribution is 7.12. The molecule has 0 aliphatic heterocycles. The molecule has 0 aliphatic rings. The molecule has 3 heteroatoms. The first-order chi connectivity index (χ1) is 8.38. The predicted octanol–water partition coefficient (Wildman–Crippen LogP) is 3.06. The maximum Gasteiger partial charge on any atom is 0.167 e. The molecule has 0 saturated heterocycles. The van der Waals surface area contributed by atoms with Crippen LogP contribution in [0.25, 0.3) is 0 Å². The van der Waals surface area contributed by atoms with E-state index in [1.54, 1.807) is 6.20 Å². The molecule has 88 valence electrons. The smallest absolute Gasteiger partial charge is 0.167 e. The SMILES string of the molecule is CC.OCc1cnc(C#Cc2ccccc2)s1. The van der Waals surface area contributed by atoms with Crippen LogP contribution < -0.4 is 0 Å². The van der Waals surface area contributed by atoms with Crippen LogP contribution in [0.2, 0.25) is 0 Å². The van der Waals surface area contributed by atoms with Gasteiger partial charge in [0.15, 0.2) is 5.01 Å². The highest BCUT2D eigenvalue weighted by Gasteiger charge is 1.96. The molecule has 1 heterocycles. The first-order valence-corrected chi connectivity index (χ1v) is 6.33. The summed E-state index contributed by atoms with van der Waals surface area (Å²) in [7, 11) is 0. The molecule has 0 unspecified atom stereocenters. The summed E-state index contributed by atoms with van der Waals surface area (Å²) in [5, 5.41) is 9.60. The second-order valence-electron chi connectivity index (χ2n) is 2.91. The monoisotopic (exact) mass is 245 g/mol. The Morgan fingerprint density at radius 3 is 2.47 bits per heavy atom. The molecular formula is C14H15NOS. The average molecular weight is 245 g/mol. The van der Waals surface area contributed by atoms with E-state index in [1.165, 1.54) is 11.3 Å². The maximum absolute atomic E-state index is 8.86. The number of aliphatic hydroxyl groups excluding tert-OH is 1. The summed E-state index contributed by atoms with van der Waals surface area (Å²) in [4.78, 5) is 4.93. The van der Waals surface area contributed by atoms with Gasteiger partial charge in [0.1, 0.15) is 0 Å². The fourth-order valence-corrected chi connectivity index (χ4v) is 1.71. The minimum atomic E-state index is 0.0324. The highest BCUT2D eigenvalue weighted by atomic mass is 32.1. The molecule has 1 aromatic carbocycles. The van der Waals surface area contributed by atoms with E-state index in [1.807, 2.05) is 44.2 Å². The molecule has 2 nitrogen and oxygen atoms in total. The number of nitrogens with zero attached hydrogens (tertiary/aromatic N) is 1. The van der Waals surface area contributed by atoms with Crippen LogP contribution in [0.1, 0.15) is 29.3 Å². The molecule has 0 bridgehead atoms. The van der Waals surface area contributed by atoms with Gasteiger partial charge in [0, 0.05) is 11.8 Å². The molecule has 1 aromatic heterocycles. The summed E-state index contributed by atoms with van der Waals surface area (Å²) in [5.41, 5.74) is 0.971. The van der Waals surface area contributed by atoms with E-state index in [0.717, 1.165) is 15.4 Å². The number of hydrogen-bond donors (Lipinski definition) is 1. The van der Waals surface area contributed by atoms with Crippen LogP contribution in [-0.4, -0.2) is 10.1 Å². The van der Waals surface area contributed by atoms with Crippen LogP contribution in [0.15, 0.2) is 36.5 Å². The van der Waals surface area contributed by atoms with E-state index < -0.39 is 0 Å². The Morgan fingerprint density at radius 2 is 1.88 bits per heavy atom. The molecule has 0 spiro atoms. The van der Waals surface area contributed by atoms with Crippen molar-refractivity contribution in [2.24, 2.45) is 0 Å². The number of aliphatic hydroxyl groups is 1. The third-order valence-corrected chi connectivity index (χ3v) is 2.69. The van der Waals surface area contributed by atoms with Gasteiger partial charge in [0.2, 0.25) is 0 Å². The average Bonchev–Trinajstić information content (AvgIpc) is 2.88. The lowest BCUT2D eigenvalue weighted by atomic mass is 10.2. The Bertz CT molecular complexity index is 494. The molecule has 1 N–H and O–H groups in total. The van der Waals surface area contributed by atoms with Crippen LogP contribution in [0, 0.1) is 11.8 Å². The lowest BCUT2D eigenvalue weighted by Gasteiger charge is -1.85. The molecule has 0 saturated carbocycles. The normalized spacial score (nSPS) is 8.65. The Kier molecular flexibility index (Phi) is 6.02. The van der Waals surface area contributed by atoms with Gasteiger partial charge in [-0.2, -0.15) is 0 Å². The van der Waals surface area contributed by atoms with Crippen molar-refractivity contribution in [1.82, 2.24) is 4.98 Å². The molecular weight excluding hydrogens is 230 g/mol. The van der Waals surface area contributed by atoms with E-state index in [0.29, 0.717) is 0 Å². The van der Waals surface area contributed by atoms with Gasteiger partial charge in [-0.25, -0.2) is 4.98 Å². The second-order valence-corrected chi connectivity index (χ2v) is 4.02. The summed E-state index contributed by atoms with van der Waals surface area (Å²) < 4.78 is 0. The van der Waals surface area contributed by atoms with Crippen LogP contribution >= 0.6 is 11.3 Å². The molecule has 0 radical (unpaired) electrons. The van der Waals surface area contributed by atoms with Crippen molar-refractivity contribution < 1.29 is 5.11 Å². The third-order valence-electron chi connectivity index (χ3n) is 1.80. The Morgan fingerprint density at radius 1 is 1.18 bits per heavy atom. The minimum absolute atomic E-state index is 0.0324. The molecule has 17 heavy (non-hydrogen) atoms. The molecule has 0 fully saturated rings. The number of benzene rings is 1. The van der Waals surface area contributed by atoms with E-state index in [-0.39, 0.29) is 6.61 Å². The van der Waals surface area contributed by atoms with Crippen molar-refractivity contribution >= 4 is 11.3 Å². The van der Waals surface area contributed by atoms with Gasteiger partial charge in [-0.3, -0.25) is 0 Å². The van der Waals surface area contributed by atoms with Crippen LogP contribution in [0.3, 0.4) is 0 Å². The Balaban J connectivity index is 0.000000686. The number of hydrogen-bond acceptors (Lipinski definition) is 3. The summed E-state index contributed by atoms with van der Waals surface area (Å²) in [5.74, 6) is 5.98. The number of aromatic nitrogens is 1. The summed E-state index contributed by atoms with van der Waals surface area (Å²) in [6.45, 7) is 4.03. The van der Waals surface area contributed by atoms with E-state index in [4.69, 9.17) is 5.11 Å². The molecule has 0 amide bonds. The van der Waals surface area contributed by atoms with Crippen LogP contribution in [0.5, 0.6) is 0 Å². The zero-order valence-electron chi connectivity index (χ0n) is 9.97. The van der Waals surface area contributed by atoms with Crippen molar-refractivity contribution in [2.45, 2.75) is 20.5 Å². The highest BCUT2D eigenvalue weighted by Crippen LogP contribution is 2.11. The summed E-state index contributed by atoms with van der Waals surface area (Å²) in [6.07, 6.45) is 1.65. The molecule has 2 aromatic rings. The zero-order valence-corrected chi connectivity index (χ0v) is 10.8. The number of thiazole rings is 1. The lowest BCUT2D eigenvalue weighted by molar-refractivity contribution is 0.285. The fraction of sp³-hybridized carbons (Fsp3) is 0.214. The lowest BCUT2D eigenvalue weighted by Crippen LogP contribution is -1.72. The van der Waals surface area contributed by atoms with Crippen molar-refractivity contribution in [3.8, 4) is 11.8 Å². The topological polar surface area (TPSA) is 33.1 Å². The van der Waals surface area contributed by atoms with Gasteiger partial charge in [-0.05, 0) is 18.1 Å². The van der Waals surface area contributed by atoms with E-state index in [2.05, 4.69) is 16.8 Å². The van der Waals surface area contributed by atoms with Crippen molar-refractivity contribution in [3.63, 3.8) is 0 Å². The fourth-order valence-electron chi connectivity index (χ4n) is 1.09. The second kappa shape index (κ2) is 7.61. The first-order valence-electron chi connectivity index (χ1n) is 5.51. The van der Waals surface area contributed by atoms with Crippen LogP contribution in [0.4, 0.5) is 0 Å². The first kappa shape index (κ1) is 13.4. The predicted molar refractivity (Wildman–Crippen MR) is 71.8 cm³/mol. The molecule has 2 rings (SSSR count). The Labute approximate surface area is 106 Å².